The zero-order valence-electron chi connectivity index (χ0n) is 19.2. The molecule has 2 nitrogen and oxygen atoms in total. The van der Waals surface area contributed by atoms with Crippen LogP contribution in [0.3, 0.4) is 0 Å². The normalized spacial score (nSPS) is 11.7. The van der Waals surface area contributed by atoms with E-state index in [9.17, 15) is 0 Å². The van der Waals surface area contributed by atoms with Crippen LogP contribution in [0.25, 0.3) is 22.3 Å². The first-order chi connectivity index (χ1) is 15.7. The first kappa shape index (κ1) is 20.4. The number of hydrogen-bond donors (Lipinski definition) is 0. The Labute approximate surface area is 191 Å². The third-order valence-corrected chi connectivity index (χ3v) is 6.70. The fourth-order valence-electron chi connectivity index (χ4n) is 4.81. The summed E-state index contributed by atoms with van der Waals surface area (Å²) < 4.78 is 0. The Morgan fingerprint density at radius 2 is 1.25 bits per heavy atom. The van der Waals surface area contributed by atoms with Crippen LogP contribution >= 0.6 is 0 Å². The lowest BCUT2D eigenvalue weighted by Crippen LogP contribution is -2.17. The van der Waals surface area contributed by atoms with Gasteiger partial charge in [0.1, 0.15) is 0 Å². The summed E-state index contributed by atoms with van der Waals surface area (Å²) in [7, 11) is 2.13. The van der Waals surface area contributed by atoms with E-state index >= 15 is 0 Å². The molecule has 32 heavy (non-hydrogen) atoms. The second-order valence-electron chi connectivity index (χ2n) is 8.50. The number of nitrogens with zero attached hydrogens (tertiary/aromatic N) is 2. The molecule has 4 aromatic carbocycles. The van der Waals surface area contributed by atoms with Crippen LogP contribution in [-0.2, 0) is 6.42 Å². The van der Waals surface area contributed by atoms with E-state index in [1.165, 1.54) is 50.4 Å². The Morgan fingerprint density at radius 1 is 0.625 bits per heavy atom. The highest BCUT2D eigenvalue weighted by molar-refractivity contribution is 5.89. The predicted octanol–water partition coefficient (Wildman–Crippen LogP) is 7.54. The van der Waals surface area contributed by atoms with Gasteiger partial charge in [-0.2, -0.15) is 0 Å². The first-order valence-corrected chi connectivity index (χ1v) is 11.6. The Morgan fingerprint density at radius 3 is 1.91 bits per heavy atom. The standard InChI is InChI=1S/C30H30N2/c1-4-31(3)26-17-13-22(14-18-26)23-15-19-27(20-16-23)32(5-2)29-12-8-10-25-21-24-9-6-7-11-28(24)30(25)29/h6-20H,4-5,21H2,1-3H3. The Balaban J connectivity index is 1.47. The quantitative estimate of drug-likeness (QED) is 0.281. The van der Waals surface area contributed by atoms with E-state index in [1.54, 1.807) is 0 Å². The molecular weight excluding hydrogens is 388 g/mol. The van der Waals surface area contributed by atoms with Gasteiger partial charge in [-0.05, 0) is 78.4 Å². The predicted molar refractivity (Wildman–Crippen MR) is 138 cm³/mol. The highest BCUT2D eigenvalue weighted by Gasteiger charge is 2.23. The molecule has 0 fully saturated rings. The molecular formula is C30H30N2. The van der Waals surface area contributed by atoms with Gasteiger partial charge in [0.15, 0.2) is 0 Å². The molecule has 0 saturated heterocycles. The number of rotatable bonds is 6. The van der Waals surface area contributed by atoms with Crippen LogP contribution in [0.1, 0.15) is 25.0 Å². The van der Waals surface area contributed by atoms with E-state index in [1.807, 2.05) is 0 Å². The van der Waals surface area contributed by atoms with Gasteiger partial charge in [0.05, 0.1) is 0 Å². The summed E-state index contributed by atoms with van der Waals surface area (Å²) in [5, 5.41) is 0. The van der Waals surface area contributed by atoms with Crippen molar-refractivity contribution in [2.45, 2.75) is 20.3 Å². The molecule has 0 aromatic heterocycles. The van der Waals surface area contributed by atoms with Gasteiger partial charge in [-0.3, -0.25) is 0 Å². The van der Waals surface area contributed by atoms with Gasteiger partial charge in [0, 0.05) is 42.8 Å². The molecule has 2 heteroatoms. The molecule has 0 amide bonds. The molecule has 1 aliphatic carbocycles. The summed E-state index contributed by atoms with van der Waals surface area (Å²) in [5.41, 5.74) is 11.9. The SMILES string of the molecule is CCN(C)c1ccc(-c2ccc(N(CC)c3cccc4c3-c3ccccc3C4)cc2)cc1. The van der Waals surface area contributed by atoms with Gasteiger partial charge < -0.3 is 9.80 Å². The van der Waals surface area contributed by atoms with E-state index < -0.39 is 0 Å². The van der Waals surface area contributed by atoms with Gasteiger partial charge in [0.25, 0.3) is 0 Å². The summed E-state index contributed by atoms with van der Waals surface area (Å²) in [5.74, 6) is 0. The van der Waals surface area contributed by atoms with E-state index in [4.69, 9.17) is 0 Å². The van der Waals surface area contributed by atoms with Crippen molar-refractivity contribution in [3.05, 3.63) is 102 Å². The van der Waals surface area contributed by atoms with Crippen molar-refractivity contribution in [2.75, 3.05) is 29.9 Å². The van der Waals surface area contributed by atoms with Crippen LogP contribution in [-0.4, -0.2) is 20.1 Å². The molecule has 0 saturated carbocycles. The monoisotopic (exact) mass is 418 g/mol. The topological polar surface area (TPSA) is 6.48 Å². The minimum absolute atomic E-state index is 0.927. The largest absolute Gasteiger partial charge is 0.375 e. The average molecular weight is 419 g/mol. The molecule has 0 bridgehead atoms. The Kier molecular flexibility index (Phi) is 5.45. The van der Waals surface area contributed by atoms with Gasteiger partial charge in [-0.15, -0.1) is 0 Å². The van der Waals surface area contributed by atoms with Crippen LogP contribution in [0.4, 0.5) is 17.1 Å². The minimum atomic E-state index is 0.927. The van der Waals surface area contributed by atoms with Crippen molar-refractivity contribution in [1.82, 2.24) is 0 Å². The van der Waals surface area contributed by atoms with Gasteiger partial charge in [-0.1, -0.05) is 60.7 Å². The third kappa shape index (κ3) is 3.56. The maximum Gasteiger partial charge on any atom is 0.0493 e. The molecule has 0 N–H and O–H groups in total. The molecule has 0 heterocycles. The van der Waals surface area contributed by atoms with Crippen molar-refractivity contribution >= 4 is 17.1 Å². The molecule has 5 rings (SSSR count). The minimum Gasteiger partial charge on any atom is -0.375 e. The van der Waals surface area contributed by atoms with Crippen molar-refractivity contribution in [2.24, 2.45) is 0 Å². The van der Waals surface area contributed by atoms with Crippen LogP contribution in [0.15, 0.2) is 91.0 Å². The fourth-order valence-corrected chi connectivity index (χ4v) is 4.81. The average Bonchev–Trinajstić information content (AvgIpc) is 3.24. The molecule has 1 aliphatic rings. The number of fused-ring (bicyclic) bond motifs is 3. The van der Waals surface area contributed by atoms with Crippen LogP contribution in [0, 0.1) is 0 Å². The lowest BCUT2D eigenvalue weighted by molar-refractivity contribution is 0.968. The van der Waals surface area contributed by atoms with E-state index in [0.29, 0.717) is 0 Å². The second-order valence-corrected chi connectivity index (χ2v) is 8.50. The maximum absolute atomic E-state index is 2.43. The molecule has 0 spiro atoms. The molecule has 0 aliphatic heterocycles. The van der Waals surface area contributed by atoms with Crippen LogP contribution < -0.4 is 9.80 Å². The van der Waals surface area contributed by atoms with E-state index in [0.717, 1.165) is 19.5 Å². The number of hydrogen-bond acceptors (Lipinski definition) is 2. The fraction of sp³-hybridized carbons (Fsp3) is 0.200. The van der Waals surface area contributed by atoms with Crippen molar-refractivity contribution in [1.29, 1.82) is 0 Å². The number of benzene rings is 4. The summed E-state index contributed by atoms with van der Waals surface area (Å²) in [6.07, 6.45) is 1.03. The molecule has 0 radical (unpaired) electrons. The smallest absolute Gasteiger partial charge is 0.0493 e. The number of anilines is 3. The molecule has 4 aromatic rings. The first-order valence-electron chi connectivity index (χ1n) is 11.6. The highest BCUT2D eigenvalue weighted by Crippen LogP contribution is 2.44. The third-order valence-electron chi connectivity index (χ3n) is 6.70. The van der Waals surface area contributed by atoms with E-state index in [2.05, 4.69) is 122 Å². The molecule has 160 valence electrons. The lowest BCUT2D eigenvalue weighted by atomic mass is 10.0. The summed E-state index contributed by atoms with van der Waals surface area (Å²) >= 11 is 0. The van der Waals surface area contributed by atoms with Crippen molar-refractivity contribution in [3.8, 4) is 22.3 Å². The Bertz CT molecular complexity index is 1220. The van der Waals surface area contributed by atoms with Gasteiger partial charge >= 0.3 is 0 Å². The van der Waals surface area contributed by atoms with Crippen LogP contribution in [0.2, 0.25) is 0 Å². The van der Waals surface area contributed by atoms with Gasteiger partial charge in [-0.25, -0.2) is 0 Å². The maximum atomic E-state index is 2.43. The molecule has 0 unspecified atom stereocenters. The highest BCUT2D eigenvalue weighted by atomic mass is 15.1. The van der Waals surface area contributed by atoms with Gasteiger partial charge in [0.2, 0.25) is 0 Å². The zero-order valence-corrected chi connectivity index (χ0v) is 19.2. The van der Waals surface area contributed by atoms with Crippen LogP contribution in [0.5, 0.6) is 0 Å². The van der Waals surface area contributed by atoms with E-state index in [-0.39, 0.29) is 0 Å². The summed E-state index contributed by atoms with van der Waals surface area (Å²) in [6.45, 7) is 6.34. The van der Waals surface area contributed by atoms with Crippen molar-refractivity contribution in [3.63, 3.8) is 0 Å². The van der Waals surface area contributed by atoms with Crippen molar-refractivity contribution < 1.29 is 0 Å². The molecule has 0 atom stereocenters. The summed E-state index contributed by atoms with van der Waals surface area (Å²) in [6, 6.07) is 33.4. The summed E-state index contributed by atoms with van der Waals surface area (Å²) in [4.78, 5) is 4.69. The Hall–Kier alpha value is -3.52. The lowest BCUT2D eigenvalue weighted by Gasteiger charge is -2.26. The zero-order chi connectivity index (χ0) is 22.1. The second kappa shape index (κ2) is 8.55.